The van der Waals surface area contributed by atoms with E-state index in [4.69, 9.17) is 4.74 Å². The Morgan fingerprint density at radius 1 is 1.33 bits per heavy atom. The van der Waals surface area contributed by atoms with Crippen LogP contribution in [0.4, 0.5) is 0 Å². The largest absolute Gasteiger partial charge is 0.378 e. The number of carbonyl (C=O) groups excluding carboxylic acids is 2. The Kier molecular flexibility index (Phi) is 3.47. The molecule has 4 heteroatoms. The molecule has 1 amide bonds. The van der Waals surface area contributed by atoms with Crippen LogP contribution in [0.15, 0.2) is 12.2 Å². The monoisotopic (exact) mass is 169 g/mol. The van der Waals surface area contributed by atoms with E-state index >= 15 is 0 Å². The fraction of sp³-hybridized carbons (Fsp3) is 0.500. The summed E-state index contributed by atoms with van der Waals surface area (Å²) >= 11 is 0. The maximum Gasteiger partial charge on any atom is 0.246 e. The van der Waals surface area contributed by atoms with E-state index in [-0.39, 0.29) is 5.91 Å². The molecule has 0 radical (unpaired) electrons. The van der Waals surface area contributed by atoms with Gasteiger partial charge >= 0.3 is 0 Å². The van der Waals surface area contributed by atoms with Gasteiger partial charge < -0.3 is 9.64 Å². The fourth-order valence-corrected chi connectivity index (χ4v) is 1.01. The molecule has 1 rings (SSSR count). The van der Waals surface area contributed by atoms with Gasteiger partial charge in [0, 0.05) is 19.2 Å². The second-order valence-corrected chi connectivity index (χ2v) is 2.43. The van der Waals surface area contributed by atoms with Crippen LogP contribution in [0.3, 0.4) is 0 Å². The minimum Gasteiger partial charge on any atom is -0.378 e. The number of hydrogen-bond acceptors (Lipinski definition) is 3. The van der Waals surface area contributed by atoms with Crippen LogP contribution in [0.1, 0.15) is 0 Å². The molecule has 0 spiro atoms. The van der Waals surface area contributed by atoms with Gasteiger partial charge in [0.2, 0.25) is 5.91 Å². The van der Waals surface area contributed by atoms with Gasteiger partial charge in [0.15, 0.2) is 0 Å². The summed E-state index contributed by atoms with van der Waals surface area (Å²) in [6.07, 6.45) is 3.08. The molecule has 1 fully saturated rings. The highest BCUT2D eigenvalue weighted by Gasteiger charge is 2.13. The van der Waals surface area contributed by atoms with E-state index in [9.17, 15) is 9.59 Å². The standard InChI is InChI=1S/C8H11NO3/c10-5-1-2-8(11)9-3-6-12-7-4-9/h1-2,5H,3-4,6-7H2. The molecule has 0 unspecified atom stereocenters. The summed E-state index contributed by atoms with van der Waals surface area (Å²) in [5.41, 5.74) is 0. The van der Waals surface area contributed by atoms with Crippen LogP contribution in [0.2, 0.25) is 0 Å². The molecule has 66 valence electrons. The molecule has 0 N–H and O–H groups in total. The SMILES string of the molecule is O=CC=CC(=O)N1CCOCC1. The topological polar surface area (TPSA) is 46.6 Å². The predicted octanol–water partition coefficient (Wildman–Crippen LogP) is -0.400. The molecule has 1 saturated heterocycles. The number of morpholine rings is 1. The summed E-state index contributed by atoms with van der Waals surface area (Å²) in [5.74, 6) is -0.120. The lowest BCUT2D eigenvalue weighted by Crippen LogP contribution is -2.39. The highest BCUT2D eigenvalue weighted by molar-refractivity contribution is 5.90. The Bertz CT molecular complexity index is 194. The van der Waals surface area contributed by atoms with Crippen molar-refractivity contribution in [3.63, 3.8) is 0 Å². The number of ether oxygens (including phenoxy) is 1. The molecule has 12 heavy (non-hydrogen) atoms. The molecule has 0 atom stereocenters. The van der Waals surface area contributed by atoms with Crippen LogP contribution in [-0.2, 0) is 14.3 Å². The predicted molar refractivity (Wildman–Crippen MR) is 42.6 cm³/mol. The molecule has 0 aliphatic carbocycles. The van der Waals surface area contributed by atoms with Crippen molar-refractivity contribution in [1.29, 1.82) is 0 Å². The Labute approximate surface area is 70.8 Å². The zero-order valence-electron chi connectivity index (χ0n) is 6.73. The first-order valence-electron chi connectivity index (χ1n) is 3.83. The van der Waals surface area contributed by atoms with Crippen molar-refractivity contribution < 1.29 is 14.3 Å². The molecule has 0 saturated carbocycles. The highest BCUT2D eigenvalue weighted by atomic mass is 16.5. The number of aldehydes is 1. The number of allylic oxidation sites excluding steroid dienone is 1. The van der Waals surface area contributed by atoms with Crippen LogP contribution in [0.5, 0.6) is 0 Å². The summed E-state index contributed by atoms with van der Waals surface area (Å²) in [5, 5.41) is 0. The van der Waals surface area contributed by atoms with E-state index in [0.717, 1.165) is 0 Å². The van der Waals surface area contributed by atoms with Crippen molar-refractivity contribution in [3.05, 3.63) is 12.2 Å². The van der Waals surface area contributed by atoms with Gasteiger partial charge in [0.05, 0.1) is 13.2 Å². The second-order valence-electron chi connectivity index (χ2n) is 2.43. The molecule has 1 aliphatic rings. The molecule has 0 aromatic heterocycles. The molecule has 1 heterocycles. The minimum absolute atomic E-state index is 0.120. The van der Waals surface area contributed by atoms with E-state index < -0.39 is 0 Å². The number of amides is 1. The summed E-state index contributed by atoms with van der Waals surface area (Å²) in [6, 6.07) is 0. The first-order chi connectivity index (χ1) is 5.84. The Hall–Kier alpha value is -1.16. The first-order valence-corrected chi connectivity index (χ1v) is 3.83. The fourth-order valence-electron chi connectivity index (χ4n) is 1.01. The zero-order chi connectivity index (χ0) is 8.81. The maximum absolute atomic E-state index is 11.2. The number of carbonyl (C=O) groups is 2. The molecule has 0 aromatic carbocycles. The third-order valence-corrected chi connectivity index (χ3v) is 1.64. The third-order valence-electron chi connectivity index (χ3n) is 1.64. The smallest absolute Gasteiger partial charge is 0.246 e. The summed E-state index contributed by atoms with van der Waals surface area (Å²) in [6.45, 7) is 2.39. The van der Waals surface area contributed by atoms with Gasteiger partial charge in [-0.2, -0.15) is 0 Å². The number of nitrogens with zero attached hydrogens (tertiary/aromatic N) is 1. The third kappa shape index (κ3) is 2.47. The van der Waals surface area contributed by atoms with Crippen molar-refractivity contribution >= 4 is 12.2 Å². The molecule has 0 bridgehead atoms. The van der Waals surface area contributed by atoms with E-state index in [0.29, 0.717) is 32.6 Å². The molecule has 1 aliphatic heterocycles. The van der Waals surface area contributed by atoms with E-state index in [2.05, 4.69) is 0 Å². The molecular weight excluding hydrogens is 158 g/mol. The van der Waals surface area contributed by atoms with Crippen LogP contribution < -0.4 is 0 Å². The summed E-state index contributed by atoms with van der Waals surface area (Å²) in [7, 11) is 0. The van der Waals surface area contributed by atoms with Gasteiger partial charge in [-0.3, -0.25) is 9.59 Å². The van der Waals surface area contributed by atoms with Crippen molar-refractivity contribution in [3.8, 4) is 0 Å². The van der Waals surface area contributed by atoms with Crippen molar-refractivity contribution in [2.24, 2.45) is 0 Å². The van der Waals surface area contributed by atoms with Crippen molar-refractivity contribution in [1.82, 2.24) is 4.90 Å². The molecular formula is C8H11NO3. The van der Waals surface area contributed by atoms with Crippen LogP contribution >= 0.6 is 0 Å². The molecule has 0 aromatic rings. The summed E-state index contributed by atoms with van der Waals surface area (Å²) in [4.78, 5) is 22.7. The Morgan fingerprint density at radius 3 is 2.58 bits per heavy atom. The van der Waals surface area contributed by atoms with Gasteiger partial charge in [-0.25, -0.2) is 0 Å². The normalized spacial score (nSPS) is 18.2. The lowest BCUT2D eigenvalue weighted by atomic mass is 10.4. The van der Waals surface area contributed by atoms with Gasteiger partial charge in [-0.1, -0.05) is 0 Å². The Morgan fingerprint density at radius 2 is 2.00 bits per heavy atom. The van der Waals surface area contributed by atoms with E-state index in [1.54, 1.807) is 4.90 Å². The molecule has 4 nitrogen and oxygen atoms in total. The number of rotatable bonds is 2. The first kappa shape index (κ1) is 8.93. The lowest BCUT2D eigenvalue weighted by molar-refractivity contribution is -0.130. The number of hydrogen-bond donors (Lipinski definition) is 0. The zero-order valence-corrected chi connectivity index (χ0v) is 6.73. The highest BCUT2D eigenvalue weighted by Crippen LogP contribution is 1.97. The Balaban J connectivity index is 2.39. The van der Waals surface area contributed by atoms with Crippen molar-refractivity contribution in [2.45, 2.75) is 0 Å². The van der Waals surface area contributed by atoms with Crippen LogP contribution in [0.25, 0.3) is 0 Å². The maximum atomic E-state index is 11.2. The van der Waals surface area contributed by atoms with Gasteiger partial charge in [0.25, 0.3) is 0 Å². The van der Waals surface area contributed by atoms with E-state index in [1.165, 1.54) is 12.2 Å². The van der Waals surface area contributed by atoms with Gasteiger partial charge in [0.1, 0.15) is 6.29 Å². The van der Waals surface area contributed by atoms with Crippen molar-refractivity contribution in [2.75, 3.05) is 26.3 Å². The average molecular weight is 169 g/mol. The second kappa shape index (κ2) is 4.66. The quantitative estimate of drug-likeness (QED) is 0.417. The van der Waals surface area contributed by atoms with Crippen LogP contribution in [-0.4, -0.2) is 43.4 Å². The van der Waals surface area contributed by atoms with Crippen LogP contribution in [0, 0.1) is 0 Å². The average Bonchev–Trinajstić information content (AvgIpc) is 2.15. The van der Waals surface area contributed by atoms with Gasteiger partial charge in [-0.05, 0) is 6.08 Å². The van der Waals surface area contributed by atoms with E-state index in [1.807, 2.05) is 0 Å². The minimum atomic E-state index is -0.120. The lowest BCUT2D eigenvalue weighted by Gasteiger charge is -2.25. The summed E-state index contributed by atoms with van der Waals surface area (Å²) < 4.78 is 5.07. The van der Waals surface area contributed by atoms with Gasteiger partial charge in [-0.15, -0.1) is 0 Å².